The first-order valence-corrected chi connectivity index (χ1v) is 18.5. The Bertz CT molecular complexity index is 473. The van der Waals surface area contributed by atoms with Crippen LogP contribution in [0.1, 0.15) is 77.0 Å². The second kappa shape index (κ2) is 14.9. The third kappa shape index (κ3) is 11.1. The maximum atomic E-state index is 3.78. The van der Waals surface area contributed by atoms with Gasteiger partial charge < -0.3 is 0 Å². The van der Waals surface area contributed by atoms with Crippen LogP contribution in [0.4, 0.5) is 0 Å². The first-order valence-electron chi connectivity index (χ1n) is 10.5. The van der Waals surface area contributed by atoms with Crippen molar-refractivity contribution in [1.29, 1.82) is 0 Å². The van der Waals surface area contributed by atoms with Crippen molar-refractivity contribution in [3.63, 3.8) is 0 Å². The Morgan fingerprint density at radius 3 is 2.23 bits per heavy atom. The minimum Gasteiger partial charge on any atom is -0.0839 e. The molecule has 2 atom stereocenters. The quantitative estimate of drug-likeness (QED) is 0.260. The van der Waals surface area contributed by atoms with Gasteiger partial charge in [0.1, 0.15) is 0 Å². The van der Waals surface area contributed by atoms with Crippen molar-refractivity contribution in [1.82, 2.24) is 3.80 Å². The third-order valence-electron chi connectivity index (χ3n) is 5.73. The van der Waals surface area contributed by atoms with Gasteiger partial charge in [-0.25, -0.2) is 0 Å². The van der Waals surface area contributed by atoms with Crippen molar-refractivity contribution < 1.29 is 15.6 Å². The number of hydrogen-bond donors (Lipinski definition) is 1. The van der Waals surface area contributed by atoms with Gasteiger partial charge in [0, 0.05) is 0 Å². The molecule has 0 amide bonds. The second-order valence-corrected chi connectivity index (χ2v) is 22.5. The molecule has 2 aliphatic rings. The van der Waals surface area contributed by atoms with Gasteiger partial charge in [0.05, 0.1) is 0 Å². The van der Waals surface area contributed by atoms with E-state index in [0.717, 1.165) is 11.8 Å². The molecule has 0 aromatic heterocycles. The minimum atomic E-state index is -1.46. The SMILES string of the molecule is Cl.Cl.[CH3][Ti]([CH3])(=[SiH2])[NH]CCCCCCCCCCC1CCC2CC=CC=C21. The topological polar surface area (TPSA) is 12.0 Å². The fourth-order valence-electron chi connectivity index (χ4n) is 4.33. The van der Waals surface area contributed by atoms with Crippen molar-refractivity contribution in [2.24, 2.45) is 11.8 Å². The molecule has 153 valence electrons. The van der Waals surface area contributed by atoms with E-state index in [-0.39, 0.29) is 24.8 Å². The zero-order valence-electron chi connectivity index (χ0n) is 17.1. The summed E-state index contributed by atoms with van der Waals surface area (Å²) in [4.78, 5) is 0. The van der Waals surface area contributed by atoms with Crippen LogP contribution in [-0.4, -0.2) is 14.2 Å². The van der Waals surface area contributed by atoms with Gasteiger partial charge in [-0.15, -0.1) is 24.8 Å². The van der Waals surface area contributed by atoms with Crippen LogP contribution in [0.3, 0.4) is 0 Å². The molecule has 2 rings (SSSR count). The molecule has 0 aliphatic heterocycles. The Hall–Kier alpha value is 0.951. The molecule has 1 fully saturated rings. The molecule has 26 heavy (non-hydrogen) atoms. The van der Waals surface area contributed by atoms with Gasteiger partial charge in [0.2, 0.25) is 0 Å². The van der Waals surface area contributed by atoms with Crippen molar-refractivity contribution in [3.8, 4) is 0 Å². The molecule has 1 nitrogen and oxygen atoms in total. The molecule has 2 unspecified atom stereocenters. The van der Waals surface area contributed by atoms with Crippen LogP contribution in [0.2, 0.25) is 10.5 Å². The molecule has 0 saturated heterocycles. The second-order valence-electron chi connectivity index (χ2n) is 8.73. The number of fused-ring (bicyclic) bond motifs is 1. The van der Waals surface area contributed by atoms with Gasteiger partial charge in [-0.05, 0) is 25.2 Å². The van der Waals surface area contributed by atoms with E-state index in [2.05, 4.69) is 40.1 Å². The molecular weight excluding hydrogens is 413 g/mol. The predicted molar refractivity (Wildman–Crippen MR) is 122 cm³/mol. The van der Waals surface area contributed by atoms with Crippen molar-refractivity contribution in [2.75, 3.05) is 6.54 Å². The smallest absolute Gasteiger partial charge is 0.0839 e. The zero-order chi connectivity index (χ0) is 17.3. The first-order chi connectivity index (χ1) is 11.6. The average molecular weight is 455 g/mol. The van der Waals surface area contributed by atoms with E-state index >= 15 is 0 Å². The van der Waals surface area contributed by atoms with Gasteiger partial charge in [0.25, 0.3) is 0 Å². The number of unbranched alkanes of at least 4 members (excludes halogenated alkanes) is 7. The summed E-state index contributed by atoms with van der Waals surface area (Å²) in [6.07, 6.45) is 24.4. The summed E-state index contributed by atoms with van der Waals surface area (Å²) in [7, 11) is 2.23. The summed E-state index contributed by atoms with van der Waals surface area (Å²) in [6, 6.07) is 0. The average Bonchev–Trinajstić information content (AvgIpc) is 2.95. The molecule has 0 radical (unpaired) electrons. The number of rotatable bonds is 12. The molecule has 1 saturated carbocycles. The Kier molecular flexibility index (Phi) is 15.4. The van der Waals surface area contributed by atoms with Crippen LogP contribution in [0, 0.1) is 11.8 Å². The standard InChI is InChI=1S/C19H32N.2CH3.2ClH.H2Si.Ti/c20-16-10-6-4-2-1-3-5-7-11-17-14-15-18-12-8-9-13-19(17)18;;;;;;/h8-9,13,17-18,20H,1-7,10-12,14-16H2;2*1H3;2*1H;1H2;/q-1;;;;;;+1. The summed E-state index contributed by atoms with van der Waals surface area (Å²) in [5.74, 6) is 1.84. The van der Waals surface area contributed by atoms with Crippen LogP contribution in [-0.2, 0) is 15.6 Å². The van der Waals surface area contributed by atoms with Gasteiger partial charge in [-0.1, -0.05) is 23.8 Å². The van der Waals surface area contributed by atoms with Gasteiger partial charge in [-0.2, -0.15) is 0 Å². The van der Waals surface area contributed by atoms with Crippen LogP contribution in [0.15, 0.2) is 23.8 Å². The van der Waals surface area contributed by atoms with Crippen molar-refractivity contribution in [3.05, 3.63) is 23.8 Å². The molecule has 0 heterocycles. The predicted octanol–water partition coefficient (Wildman–Crippen LogP) is 6.56. The summed E-state index contributed by atoms with van der Waals surface area (Å²) >= 11 is -1.46. The number of halogens is 2. The number of hydrogen-bond acceptors (Lipinski definition) is 1. The van der Waals surface area contributed by atoms with E-state index in [1.165, 1.54) is 83.6 Å². The molecule has 5 heteroatoms. The number of allylic oxidation sites excluding steroid dienone is 4. The Morgan fingerprint density at radius 2 is 1.58 bits per heavy atom. The summed E-state index contributed by atoms with van der Waals surface area (Å²) in [5, 5.41) is 4.90. The van der Waals surface area contributed by atoms with E-state index in [9.17, 15) is 0 Å². The van der Waals surface area contributed by atoms with Crippen LogP contribution < -0.4 is 3.80 Å². The summed E-state index contributed by atoms with van der Waals surface area (Å²) < 4.78 is 3.78. The Morgan fingerprint density at radius 1 is 0.962 bits per heavy atom. The van der Waals surface area contributed by atoms with Crippen LogP contribution in [0.25, 0.3) is 0 Å². The minimum absolute atomic E-state index is 0. The fourth-order valence-corrected chi connectivity index (χ4v) is 6.39. The third-order valence-corrected chi connectivity index (χ3v) is 8.65. The molecule has 1 N–H and O–H groups in total. The molecule has 0 spiro atoms. The van der Waals surface area contributed by atoms with E-state index in [1.54, 1.807) is 5.57 Å². The van der Waals surface area contributed by atoms with Crippen LogP contribution >= 0.6 is 24.8 Å². The van der Waals surface area contributed by atoms with Crippen molar-refractivity contribution in [2.45, 2.75) is 87.5 Å². The number of nitrogens with one attached hydrogen (secondary N) is 1. The zero-order valence-corrected chi connectivity index (χ0v) is 21.7. The monoisotopic (exact) mass is 454 g/mol. The van der Waals surface area contributed by atoms with E-state index in [0.29, 0.717) is 0 Å². The molecule has 2 aliphatic carbocycles. The first kappa shape index (κ1) is 27.0. The van der Waals surface area contributed by atoms with Gasteiger partial charge in [-0.3, -0.25) is 0 Å². The van der Waals surface area contributed by atoms with E-state index < -0.39 is 15.6 Å². The van der Waals surface area contributed by atoms with Crippen molar-refractivity contribution >= 4 is 32.4 Å². The Balaban J connectivity index is 0.00000312. The van der Waals surface area contributed by atoms with E-state index in [1.807, 2.05) is 0 Å². The van der Waals surface area contributed by atoms with E-state index in [4.69, 9.17) is 0 Å². The van der Waals surface area contributed by atoms with Gasteiger partial charge >= 0.3 is 108 Å². The molecule has 0 aromatic rings. The molecule has 0 bridgehead atoms. The van der Waals surface area contributed by atoms with Gasteiger partial charge in [0.15, 0.2) is 0 Å². The van der Waals surface area contributed by atoms with Crippen LogP contribution in [0.5, 0.6) is 0 Å². The fraction of sp³-hybridized carbons (Fsp3) is 0.810. The summed E-state index contributed by atoms with van der Waals surface area (Å²) in [5.41, 5.74) is 1.80. The summed E-state index contributed by atoms with van der Waals surface area (Å²) in [6.45, 7) is 1.27. The maximum absolute atomic E-state index is 3.78. The molecular formula is C21H42Cl2NSiTi. The Labute approximate surface area is 180 Å². The molecule has 0 aromatic carbocycles. The normalized spacial score (nSPS) is 21.5.